The molecule has 1 heterocycles. The Hall–Kier alpha value is -4.13. The van der Waals surface area contributed by atoms with E-state index in [4.69, 9.17) is 4.74 Å². The van der Waals surface area contributed by atoms with Crippen molar-refractivity contribution in [1.29, 1.82) is 0 Å². The minimum Gasteiger partial charge on any atom is -0.445 e. The standard InChI is InChI=1S/C32H35N3O4/c1-21(2)29(34-32(38)39-20-22-11-4-3-5-12-22)31(37)35-27-18-9-7-14-24(27)19-28(35)30(36)33-26-17-10-15-23-13-6-8-16-25(23)26/h3-9,11-14,16,18,21,26,28-29H,10,15,17,19-20H2,1-2H3,(H,33,36)(H,34,38). The summed E-state index contributed by atoms with van der Waals surface area (Å²) < 4.78 is 5.40. The topological polar surface area (TPSA) is 87.7 Å². The van der Waals surface area contributed by atoms with Crippen molar-refractivity contribution in [2.24, 2.45) is 5.92 Å². The first-order valence-electron chi connectivity index (χ1n) is 13.7. The van der Waals surface area contributed by atoms with Crippen molar-refractivity contribution in [3.63, 3.8) is 0 Å². The van der Waals surface area contributed by atoms with Crippen LogP contribution in [0.2, 0.25) is 0 Å². The Morgan fingerprint density at radius 2 is 1.62 bits per heavy atom. The molecule has 39 heavy (non-hydrogen) atoms. The summed E-state index contributed by atoms with van der Waals surface area (Å²) in [4.78, 5) is 42.1. The second kappa shape index (κ2) is 11.7. The number of hydrogen-bond donors (Lipinski definition) is 2. The largest absolute Gasteiger partial charge is 0.445 e. The molecule has 7 nitrogen and oxygen atoms in total. The van der Waals surface area contributed by atoms with Crippen molar-refractivity contribution in [2.45, 2.75) is 64.3 Å². The number of para-hydroxylation sites is 1. The number of aryl methyl sites for hydroxylation is 1. The molecule has 2 N–H and O–H groups in total. The molecule has 1 aliphatic carbocycles. The summed E-state index contributed by atoms with van der Waals surface area (Å²) in [5.41, 5.74) is 4.90. The highest BCUT2D eigenvalue weighted by atomic mass is 16.5. The number of alkyl carbamates (subject to hydrolysis) is 1. The van der Waals surface area contributed by atoms with E-state index in [1.165, 1.54) is 5.56 Å². The zero-order valence-corrected chi connectivity index (χ0v) is 22.4. The number of nitrogens with one attached hydrogen (secondary N) is 2. The molecule has 0 saturated heterocycles. The molecule has 0 aromatic heterocycles. The monoisotopic (exact) mass is 525 g/mol. The number of benzene rings is 3. The van der Waals surface area contributed by atoms with Gasteiger partial charge in [0.1, 0.15) is 18.7 Å². The van der Waals surface area contributed by atoms with Gasteiger partial charge in [0.25, 0.3) is 5.91 Å². The van der Waals surface area contributed by atoms with E-state index in [1.807, 2.05) is 80.6 Å². The highest BCUT2D eigenvalue weighted by Crippen LogP contribution is 2.35. The number of carbonyl (C=O) groups excluding carboxylic acids is 3. The van der Waals surface area contributed by atoms with Crippen LogP contribution < -0.4 is 15.5 Å². The molecule has 0 fully saturated rings. The summed E-state index contributed by atoms with van der Waals surface area (Å²) in [6.07, 6.45) is 2.62. The second-order valence-electron chi connectivity index (χ2n) is 10.6. The molecule has 3 unspecified atom stereocenters. The van der Waals surface area contributed by atoms with Gasteiger partial charge in [-0.15, -0.1) is 0 Å². The Kier molecular flexibility index (Phi) is 7.96. The van der Waals surface area contributed by atoms with E-state index >= 15 is 0 Å². The van der Waals surface area contributed by atoms with Gasteiger partial charge < -0.3 is 15.4 Å². The Morgan fingerprint density at radius 3 is 2.38 bits per heavy atom. The van der Waals surface area contributed by atoms with E-state index in [0.717, 1.165) is 36.0 Å². The van der Waals surface area contributed by atoms with Gasteiger partial charge in [0.05, 0.1) is 6.04 Å². The fraction of sp³-hybridized carbons (Fsp3) is 0.344. The van der Waals surface area contributed by atoms with Gasteiger partial charge in [0.15, 0.2) is 0 Å². The summed E-state index contributed by atoms with van der Waals surface area (Å²) in [6.45, 7) is 3.85. The Balaban J connectivity index is 1.34. The van der Waals surface area contributed by atoms with E-state index in [-0.39, 0.29) is 30.4 Å². The van der Waals surface area contributed by atoms with Crippen molar-refractivity contribution >= 4 is 23.6 Å². The second-order valence-corrected chi connectivity index (χ2v) is 10.6. The number of rotatable bonds is 7. The summed E-state index contributed by atoms with van der Waals surface area (Å²) in [7, 11) is 0. The molecule has 3 atom stereocenters. The van der Waals surface area contributed by atoms with Gasteiger partial charge in [0, 0.05) is 12.1 Å². The molecule has 202 valence electrons. The van der Waals surface area contributed by atoms with Crippen molar-refractivity contribution in [1.82, 2.24) is 10.6 Å². The molecule has 3 aromatic carbocycles. The number of amides is 3. The number of ether oxygens (including phenoxy) is 1. The first kappa shape index (κ1) is 26.5. The average molecular weight is 526 g/mol. The SMILES string of the molecule is CC(C)C(NC(=O)OCc1ccccc1)C(=O)N1c2ccccc2CC1C(=O)NC1CCCc2ccccc21. The fourth-order valence-corrected chi connectivity index (χ4v) is 5.60. The Labute approximate surface area is 229 Å². The molecule has 3 aromatic rings. The number of anilines is 1. The maximum Gasteiger partial charge on any atom is 0.408 e. The zero-order valence-electron chi connectivity index (χ0n) is 22.4. The molecule has 7 heteroatoms. The first-order chi connectivity index (χ1) is 18.9. The van der Waals surface area contributed by atoms with Crippen molar-refractivity contribution in [3.05, 3.63) is 101 Å². The van der Waals surface area contributed by atoms with Crippen LogP contribution in [0.3, 0.4) is 0 Å². The van der Waals surface area contributed by atoms with E-state index in [0.29, 0.717) is 12.1 Å². The predicted octanol–water partition coefficient (Wildman–Crippen LogP) is 5.09. The molecule has 1 aliphatic heterocycles. The van der Waals surface area contributed by atoms with Crippen LogP contribution in [0.25, 0.3) is 0 Å². The highest BCUT2D eigenvalue weighted by molar-refractivity contribution is 6.06. The molecule has 0 radical (unpaired) electrons. The minimum absolute atomic E-state index is 0.0879. The third-order valence-electron chi connectivity index (χ3n) is 7.62. The van der Waals surface area contributed by atoms with Crippen LogP contribution in [0.1, 0.15) is 55.0 Å². The van der Waals surface area contributed by atoms with Gasteiger partial charge >= 0.3 is 6.09 Å². The smallest absolute Gasteiger partial charge is 0.408 e. The third-order valence-corrected chi connectivity index (χ3v) is 7.62. The Morgan fingerprint density at radius 1 is 0.923 bits per heavy atom. The molecular weight excluding hydrogens is 490 g/mol. The number of nitrogens with zero attached hydrogens (tertiary/aromatic N) is 1. The lowest BCUT2D eigenvalue weighted by Gasteiger charge is -2.32. The van der Waals surface area contributed by atoms with Crippen LogP contribution in [0.5, 0.6) is 0 Å². The van der Waals surface area contributed by atoms with Crippen molar-refractivity contribution < 1.29 is 19.1 Å². The van der Waals surface area contributed by atoms with Crippen LogP contribution in [0, 0.1) is 5.92 Å². The van der Waals surface area contributed by atoms with Gasteiger partial charge in [0.2, 0.25) is 5.91 Å². The number of hydrogen-bond acceptors (Lipinski definition) is 4. The van der Waals surface area contributed by atoms with Gasteiger partial charge in [-0.1, -0.05) is 86.6 Å². The normalized spacial score (nSPS) is 18.6. The molecule has 5 rings (SSSR count). The molecule has 0 bridgehead atoms. The lowest BCUT2D eigenvalue weighted by molar-refractivity contribution is -0.128. The van der Waals surface area contributed by atoms with Crippen molar-refractivity contribution in [3.8, 4) is 0 Å². The van der Waals surface area contributed by atoms with E-state index in [1.54, 1.807) is 4.90 Å². The molecular formula is C32H35N3O4. The van der Waals surface area contributed by atoms with Crippen LogP contribution in [0.15, 0.2) is 78.9 Å². The van der Waals surface area contributed by atoms with Crippen LogP contribution in [0.4, 0.5) is 10.5 Å². The van der Waals surface area contributed by atoms with Gasteiger partial charge in [-0.05, 0) is 53.5 Å². The third kappa shape index (κ3) is 5.82. The zero-order chi connectivity index (χ0) is 27.4. The van der Waals surface area contributed by atoms with E-state index < -0.39 is 18.2 Å². The molecule has 0 saturated carbocycles. The van der Waals surface area contributed by atoms with Gasteiger partial charge in [-0.3, -0.25) is 14.5 Å². The van der Waals surface area contributed by atoms with E-state index in [2.05, 4.69) is 22.8 Å². The van der Waals surface area contributed by atoms with Gasteiger partial charge in [-0.2, -0.15) is 0 Å². The minimum atomic E-state index is -0.856. The van der Waals surface area contributed by atoms with E-state index in [9.17, 15) is 14.4 Å². The molecule has 2 aliphatic rings. The summed E-state index contributed by atoms with van der Waals surface area (Å²) in [6, 6.07) is 23.5. The summed E-state index contributed by atoms with van der Waals surface area (Å²) >= 11 is 0. The van der Waals surface area contributed by atoms with Crippen LogP contribution in [-0.2, 0) is 33.8 Å². The Bertz CT molecular complexity index is 1340. The maximum absolute atomic E-state index is 14.0. The van der Waals surface area contributed by atoms with Crippen molar-refractivity contribution in [2.75, 3.05) is 4.90 Å². The lowest BCUT2D eigenvalue weighted by atomic mass is 9.87. The summed E-state index contributed by atoms with van der Waals surface area (Å²) in [5, 5.41) is 6.00. The van der Waals surface area contributed by atoms with Crippen LogP contribution >= 0.6 is 0 Å². The summed E-state index contributed by atoms with van der Waals surface area (Å²) in [5.74, 6) is -0.727. The highest BCUT2D eigenvalue weighted by Gasteiger charge is 2.42. The maximum atomic E-state index is 14.0. The lowest BCUT2D eigenvalue weighted by Crippen LogP contribution is -2.56. The molecule has 3 amide bonds. The average Bonchev–Trinajstić information content (AvgIpc) is 3.35. The number of fused-ring (bicyclic) bond motifs is 2. The van der Waals surface area contributed by atoms with Crippen LogP contribution in [-0.4, -0.2) is 30.0 Å². The first-order valence-corrected chi connectivity index (χ1v) is 13.7. The number of carbonyl (C=O) groups is 3. The fourth-order valence-electron chi connectivity index (χ4n) is 5.60. The van der Waals surface area contributed by atoms with Gasteiger partial charge in [-0.25, -0.2) is 4.79 Å². The quantitative estimate of drug-likeness (QED) is 0.450. The molecule has 0 spiro atoms. The predicted molar refractivity (Wildman–Crippen MR) is 150 cm³/mol.